The van der Waals surface area contributed by atoms with Crippen LogP contribution in [0.5, 0.6) is 0 Å². The SMILES string of the molecule is Cc1ccc(N(CNc2c(C)cccc2C)C(=O)[N-]c2ccccc2[C-]=Nc2c(C)cccc2C)cc1.[C-]#[N+]c1c(C)cccc1C.[Pd+2]. The summed E-state index contributed by atoms with van der Waals surface area (Å²) in [4.78, 5) is 23.3. The molecule has 246 valence electrons. The molecule has 5 aromatic carbocycles. The van der Waals surface area contributed by atoms with Gasteiger partial charge in [0.15, 0.2) is 11.7 Å². The summed E-state index contributed by atoms with van der Waals surface area (Å²) >= 11 is 0. The van der Waals surface area contributed by atoms with Gasteiger partial charge in [0.1, 0.15) is 0 Å². The molecule has 1 N–H and O–H groups in total. The molecule has 0 aliphatic heterocycles. The van der Waals surface area contributed by atoms with Crippen molar-refractivity contribution in [3.05, 3.63) is 164 Å². The smallest absolute Gasteiger partial charge is 0.447 e. The van der Waals surface area contributed by atoms with Crippen molar-refractivity contribution in [1.29, 1.82) is 0 Å². The number of nitrogens with zero attached hydrogens (tertiary/aromatic N) is 4. The number of rotatable bonds is 7. The van der Waals surface area contributed by atoms with E-state index in [0.717, 1.165) is 61.7 Å². The van der Waals surface area contributed by atoms with Gasteiger partial charge in [0, 0.05) is 12.4 Å². The van der Waals surface area contributed by atoms with Gasteiger partial charge in [-0.25, -0.2) is 4.85 Å². The molecule has 48 heavy (non-hydrogen) atoms. The molecule has 0 saturated carbocycles. The van der Waals surface area contributed by atoms with Crippen molar-refractivity contribution in [2.24, 2.45) is 4.99 Å². The van der Waals surface area contributed by atoms with E-state index in [4.69, 9.17) is 6.57 Å². The van der Waals surface area contributed by atoms with E-state index in [2.05, 4.69) is 52.7 Å². The third-order valence-electron chi connectivity index (χ3n) is 7.87. The molecule has 0 spiro atoms. The first-order valence-corrected chi connectivity index (χ1v) is 15.5. The van der Waals surface area contributed by atoms with Crippen LogP contribution in [0.25, 0.3) is 10.2 Å². The van der Waals surface area contributed by atoms with Crippen LogP contribution in [-0.4, -0.2) is 18.9 Å². The van der Waals surface area contributed by atoms with Crippen LogP contribution in [0, 0.1) is 55.0 Å². The van der Waals surface area contributed by atoms with Gasteiger partial charge >= 0.3 is 20.4 Å². The Morgan fingerprint density at radius 2 is 1.25 bits per heavy atom. The van der Waals surface area contributed by atoms with Crippen LogP contribution in [-0.2, 0) is 20.4 Å². The molecule has 2 amide bonds. The van der Waals surface area contributed by atoms with E-state index >= 15 is 0 Å². The van der Waals surface area contributed by atoms with Gasteiger partial charge < -0.3 is 20.5 Å². The predicted molar refractivity (Wildman–Crippen MR) is 197 cm³/mol. The van der Waals surface area contributed by atoms with Gasteiger partial charge in [-0.3, -0.25) is 4.79 Å². The first kappa shape index (κ1) is 37.5. The Bertz CT molecular complexity index is 1860. The number of carbonyl (C=O) groups is 1. The molecular formula is C41H41N5OPd. The number of aliphatic imine (C=N–C) groups is 1. The van der Waals surface area contributed by atoms with Gasteiger partial charge in [-0.1, -0.05) is 102 Å². The second kappa shape index (κ2) is 17.8. The molecule has 7 heteroatoms. The molecule has 0 aliphatic carbocycles. The summed E-state index contributed by atoms with van der Waals surface area (Å²) in [6.45, 7) is 21.2. The maximum absolute atomic E-state index is 13.6. The Balaban J connectivity index is 0.000000487. The Morgan fingerprint density at radius 3 is 1.79 bits per heavy atom. The minimum absolute atomic E-state index is 0. The summed E-state index contributed by atoms with van der Waals surface area (Å²) < 4.78 is 0. The molecule has 0 heterocycles. The Hall–Kier alpha value is -5.01. The van der Waals surface area contributed by atoms with Crippen LogP contribution in [0.2, 0.25) is 0 Å². The number of carbonyl (C=O) groups excluding carboxylic acids is 1. The molecule has 0 fully saturated rings. The van der Waals surface area contributed by atoms with E-state index in [9.17, 15) is 4.79 Å². The second-order valence-corrected chi connectivity index (χ2v) is 11.6. The summed E-state index contributed by atoms with van der Waals surface area (Å²) in [5, 5.41) is 7.94. The van der Waals surface area contributed by atoms with E-state index in [-0.39, 0.29) is 33.1 Å². The third-order valence-corrected chi connectivity index (χ3v) is 7.87. The molecule has 5 rings (SSSR count). The number of hydrogen-bond acceptors (Lipinski definition) is 3. The number of nitrogens with one attached hydrogen (secondary N) is 1. The number of para-hydroxylation sites is 4. The van der Waals surface area contributed by atoms with Crippen molar-refractivity contribution < 1.29 is 25.2 Å². The summed E-state index contributed by atoms with van der Waals surface area (Å²) in [5.41, 5.74) is 12.3. The number of amides is 2. The fourth-order valence-corrected chi connectivity index (χ4v) is 5.15. The van der Waals surface area contributed by atoms with Crippen molar-refractivity contribution in [2.45, 2.75) is 48.5 Å². The second-order valence-electron chi connectivity index (χ2n) is 11.6. The third kappa shape index (κ3) is 9.75. The number of aryl methyl sites for hydroxylation is 7. The molecule has 0 aromatic heterocycles. The molecule has 0 saturated heterocycles. The quantitative estimate of drug-likeness (QED) is 0.0786. The topological polar surface area (TPSA) is 63.2 Å². The van der Waals surface area contributed by atoms with E-state index in [0.29, 0.717) is 11.3 Å². The average molecular weight is 726 g/mol. The molecule has 5 aromatic rings. The summed E-state index contributed by atoms with van der Waals surface area (Å²) in [6.07, 6.45) is 3.12. The van der Waals surface area contributed by atoms with E-state index < -0.39 is 0 Å². The monoisotopic (exact) mass is 725 g/mol. The Labute approximate surface area is 299 Å². The molecule has 0 aliphatic rings. The van der Waals surface area contributed by atoms with E-state index in [1.54, 1.807) is 4.90 Å². The molecule has 6 nitrogen and oxygen atoms in total. The van der Waals surface area contributed by atoms with Gasteiger partial charge in [0.25, 0.3) is 0 Å². The van der Waals surface area contributed by atoms with E-state index in [1.165, 1.54) is 0 Å². The maximum Gasteiger partial charge on any atom is 2.00 e. The number of benzene rings is 5. The van der Waals surface area contributed by atoms with Gasteiger partial charge in [-0.2, -0.15) is 0 Å². The summed E-state index contributed by atoms with van der Waals surface area (Å²) in [5.74, 6) is 0. The minimum atomic E-state index is -0.371. The maximum atomic E-state index is 13.6. The largest absolute Gasteiger partial charge is 2.00 e. The predicted octanol–water partition coefficient (Wildman–Crippen LogP) is 11.4. The molecule has 0 bridgehead atoms. The van der Waals surface area contributed by atoms with Gasteiger partial charge in [-0.15, -0.1) is 29.4 Å². The van der Waals surface area contributed by atoms with Crippen LogP contribution in [0.3, 0.4) is 0 Å². The Morgan fingerprint density at radius 1 is 0.729 bits per heavy atom. The van der Waals surface area contributed by atoms with Crippen molar-refractivity contribution >= 4 is 40.7 Å². The van der Waals surface area contributed by atoms with Crippen molar-refractivity contribution in [1.82, 2.24) is 0 Å². The van der Waals surface area contributed by atoms with Crippen molar-refractivity contribution in [3.8, 4) is 0 Å². The molecule has 0 unspecified atom stereocenters. The normalized spacial score (nSPS) is 10.3. The first-order valence-electron chi connectivity index (χ1n) is 15.5. The molecular weight excluding hydrogens is 685 g/mol. The zero-order valence-corrected chi connectivity index (χ0v) is 30.1. The molecule has 0 atom stereocenters. The van der Waals surface area contributed by atoms with Crippen LogP contribution in [0.4, 0.5) is 33.2 Å². The van der Waals surface area contributed by atoms with Crippen molar-refractivity contribution in [3.63, 3.8) is 0 Å². The molecule has 0 radical (unpaired) electrons. The zero-order valence-electron chi connectivity index (χ0n) is 28.5. The first-order chi connectivity index (χ1) is 22.6. The zero-order chi connectivity index (χ0) is 33.9. The van der Waals surface area contributed by atoms with Gasteiger partial charge in [0.2, 0.25) is 0 Å². The fraction of sp³-hybridized carbons (Fsp3) is 0.195. The number of hydrogen-bond donors (Lipinski definition) is 1. The summed E-state index contributed by atoms with van der Waals surface area (Å²) in [7, 11) is 0. The summed E-state index contributed by atoms with van der Waals surface area (Å²) in [6, 6.07) is 33.0. The van der Waals surface area contributed by atoms with Crippen LogP contribution in [0.15, 0.2) is 108 Å². The number of urea groups is 1. The van der Waals surface area contributed by atoms with Gasteiger partial charge in [0.05, 0.1) is 6.57 Å². The minimum Gasteiger partial charge on any atom is -0.447 e. The average Bonchev–Trinajstić information content (AvgIpc) is 3.04. The van der Waals surface area contributed by atoms with Crippen LogP contribution >= 0.6 is 0 Å². The van der Waals surface area contributed by atoms with Crippen LogP contribution in [0.1, 0.15) is 44.5 Å². The van der Waals surface area contributed by atoms with Crippen molar-refractivity contribution in [2.75, 3.05) is 16.9 Å². The van der Waals surface area contributed by atoms with Crippen LogP contribution < -0.4 is 10.2 Å². The standard InChI is InChI=1S/C32H33N4O.C9H9N.Pd/c1-22-16-18-28(19-17-22)36(21-34-31-25(4)12-9-13-26(31)5)32(37)35-29-15-7-6-14-27(29)20-33-30-23(2)10-8-11-24(30)3;1-7-5-4-6-8(2)9(7)10-3;/h6-19,34H,21H2,1-5H3,(H,33,35,37);4-6H,1-2H3;/q-1;;+2/p-1. The fourth-order valence-electron chi connectivity index (χ4n) is 5.15. The van der Waals surface area contributed by atoms with Gasteiger partial charge in [-0.05, 0) is 88.3 Å². The number of anilines is 2. The van der Waals surface area contributed by atoms with E-state index in [1.807, 2.05) is 126 Å². The Kier molecular flexibility index (Phi) is 13.9.